The lowest BCUT2D eigenvalue weighted by Crippen LogP contribution is -2.04. The number of halogens is 1. The van der Waals surface area contributed by atoms with Crippen LogP contribution < -0.4 is 0 Å². The van der Waals surface area contributed by atoms with Crippen molar-refractivity contribution in [3.63, 3.8) is 0 Å². The second-order valence-electron chi connectivity index (χ2n) is 5.81. The van der Waals surface area contributed by atoms with Crippen LogP contribution in [0.3, 0.4) is 0 Å². The van der Waals surface area contributed by atoms with Crippen LogP contribution in [0.25, 0.3) is 5.65 Å². The van der Waals surface area contributed by atoms with Gasteiger partial charge in [-0.25, -0.2) is 4.39 Å². The molecule has 0 aliphatic heterocycles. The van der Waals surface area contributed by atoms with Crippen LogP contribution in [-0.4, -0.2) is 19.7 Å². The van der Waals surface area contributed by atoms with Crippen LogP contribution in [0.4, 0.5) is 4.39 Å². The fourth-order valence-electron chi connectivity index (χ4n) is 2.51. The number of aliphatic hydroxyl groups excluding tert-OH is 1. The van der Waals surface area contributed by atoms with E-state index in [-0.39, 0.29) is 11.7 Å². The minimum Gasteiger partial charge on any atom is -0.384 e. The van der Waals surface area contributed by atoms with Gasteiger partial charge in [-0.05, 0) is 30.2 Å². The van der Waals surface area contributed by atoms with Crippen molar-refractivity contribution in [2.75, 3.05) is 0 Å². The number of hydrogen-bond donors (Lipinski definition) is 1. The summed E-state index contributed by atoms with van der Waals surface area (Å²) in [7, 11) is 0. The van der Waals surface area contributed by atoms with Crippen LogP contribution in [0, 0.1) is 12.7 Å². The van der Waals surface area contributed by atoms with Gasteiger partial charge >= 0.3 is 0 Å². The van der Waals surface area contributed by atoms with E-state index in [0.29, 0.717) is 11.1 Å². The Labute approximate surface area is 128 Å². The molecule has 0 bridgehead atoms. The molecule has 0 fully saturated rings. The number of nitrogens with zero attached hydrogens (tertiary/aromatic N) is 3. The summed E-state index contributed by atoms with van der Waals surface area (Å²) in [4.78, 5) is 0. The number of aliphatic hydroxyl groups is 1. The Morgan fingerprint density at radius 3 is 2.50 bits per heavy atom. The molecule has 0 saturated heterocycles. The minimum absolute atomic E-state index is 0.232. The van der Waals surface area contributed by atoms with Crippen LogP contribution in [-0.2, 0) is 0 Å². The fourth-order valence-corrected chi connectivity index (χ4v) is 2.51. The zero-order valence-corrected chi connectivity index (χ0v) is 12.8. The van der Waals surface area contributed by atoms with Gasteiger partial charge in [-0.3, -0.25) is 4.40 Å². The Morgan fingerprint density at radius 1 is 1.09 bits per heavy atom. The van der Waals surface area contributed by atoms with Gasteiger partial charge in [-0.15, -0.1) is 10.2 Å². The van der Waals surface area contributed by atoms with Crippen molar-refractivity contribution in [1.82, 2.24) is 14.6 Å². The molecule has 1 aromatic carbocycles. The Balaban J connectivity index is 2.04. The highest BCUT2D eigenvalue weighted by atomic mass is 19.1. The molecule has 4 nitrogen and oxygen atoms in total. The molecule has 0 spiro atoms. The lowest BCUT2D eigenvalue weighted by atomic mass is 10.0. The third-order valence-electron chi connectivity index (χ3n) is 3.78. The number of aryl methyl sites for hydroxylation is 1. The van der Waals surface area contributed by atoms with Gasteiger partial charge in [0, 0.05) is 17.7 Å². The highest BCUT2D eigenvalue weighted by molar-refractivity contribution is 5.42. The predicted molar refractivity (Wildman–Crippen MR) is 82.3 cm³/mol. The minimum atomic E-state index is -0.814. The van der Waals surface area contributed by atoms with E-state index in [2.05, 4.69) is 10.2 Å². The quantitative estimate of drug-likeness (QED) is 0.806. The fraction of sp³-hybridized carbons (Fsp3) is 0.294. The molecule has 1 N–H and O–H groups in total. The van der Waals surface area contributed by atoms with Gasteiger partial charge in [0.2, 0.25) is 0 Å². The first-order valence-electron chi connectivity index (χ1n) is 7.26. The molecule has 1 unspecified atom stereocenters. The monoisotopic (exact) mass is 299 g/mol. The van der Waals surface area contributed by atoms with Crippen LogP contribution in [0.5, 0.6) is 0 Å². The maximum Gasteiger partial charge on any atom is 0.160 e. The largest absolute Gasteiger partial charge is 0.384 e. The van der Waals surface area contributed by atoms with Crippen molar-refractivity contribution in [2.45, 2.75) is 32.8 Å². The van der Waals surface area contributed by atoms with Crippen LogP contribution >= 0.6 is 0 Å². The summed E-state index contributed by atoms with van der Waals surface area (Å²) in [6, 6.07) is 8.29. The van der Waals surface area contributed by atoms with Crippen molar-refractivity contribution in [2.24, 2.45) is 0 Å². The number of benzene rings is 1. The van der Waals surface area contributed by atoms with Gasteiger partial charge in [-0.2, -0.15) is 0 Å². The van der Waals surface area contributed by atoms with Gasteiger partial charge in [-0.1, -0.05) is 32.0 Å². The molecule has 3 rings (SSSR count). The summed E-state index contributed by atoms with van der Waals surface area (Å²) in [6.45, 7) is 5.77. The van der Waals surface area contributed by atoms with E-state index in [1.54, 1.807) is 19.1 Å². The topological polar surface area (TPSA) is 50.4 Å². The molecule has 5 heteroatoms. The van der Waals surface area contributed by atoms with Crippen molar-refractivity contribution < 1.29 is 9.50 Å². The summed E-state index contributed by atoms with van der Waals surface area (Å²) < 4.78 is 15.3. The Hall–Kier alpha value is -2.27. The lowest BCUT2D eigenvalue weighted by Gasteiger charge is -2.13. The first-order valence-corrected chi connectivity index (χ1v) is 7.26. The second-order valence-corrected chi connectivity index (χ2v) is 5.81. The molecule has 114 valence electrons. The van der Waals surface area contributed by atoms with Crippen molar-refractivity contribution in [3.05, 3.63) is 64.9 Å². The first kappa shape index (κ1) is 14.7. The molecule has 0 radical (unpaired) electrons. The lowest BCUT2D eigenvalue weighted by molar-refractivity contribution is 0.219. The predicted octanol–water partition coefficient (Wildman–Crippen LogP) is 3.38. The molecule has 0 saturated carbocycles. The number of aromatic nitrogens is 3. The number of pyridine rings is 1. The van der Waals surface area contributed by atoms with Crippen LogP contribution in [0.15, 0.2) is 36.5 Å². The molecule has 3 aromatic rings. The summed E-state index contributed by atoms with van der Waals surface area (Å²) in [5.41, 5.74) is 2.65. The SMILES string of the molecule is Cc1cc(C(O)c2ccc3nnc(C(C)C)n3c2)ccc1F. The summed E-state index contributed by atoms with van der Waals surface area (Å²) in [5, 5.41) is 18.9. The highest BCUT2D eigenvalue weighted by Gasteiger charge is 2.15. The summed E-state index contributed by atoms with van der Waals surface area (Å²) >= 11 is 0. The van der Waals surface area contributed by atoms with Crippen molar-refractivity contribution in [1.29, 1.82) is 0 Å². The molecule has 0 amide bonds. The molecule has 0 aliphatic rings. The van der Waals surface area contributed by atoms with Gasteiger partial charge < -0.3 is 5.11 Å². The molecule has 2 heterocycles. The highest BCUT2D eigenvalue weighted by Crippen LogP contribution is 2.25. The van der Waals surface area contributed by atoms with Crippen LogP contribution in [0.1, 0.15) is 48.4 Å². The molecular weight excluding hydrogens is 281 g/mol. The Bertz CT molecular complexity index is 826. The zero-order valence-electron chi connectivity index (χ0n) is 12.8. The molecule has 2 aromatic heterocycles. The third kappa shape index (κ3) is 2.48. The van der Waals surface area contributed by atoms with Crippen molar-refractivity contribution >= 4 is 5.65 Å². The van der Waals surface area contributed by atoms with Gasteiger partial charge in [0.25, 0.3) is 0 Å². The van der Waals surface area contributed by atoms with E-state index in [1.807, 2.05) is 36.6 Å². The van der Waals surface area contributed by atoms with Gasteiger partial charge in [0.1, 0.15) is 17.7 Å². The molecule has 0 aliphatic carbocycles. The Morgan fingerprint density at radius 2 is 1.82 bits per heavy atom. The van der Waals surface area contributed by atoms with E-state index >= 15 is 0 Å². The molecular formula is C17H18FN3O. The third-order valence-corrected chi connectivity index (χ3v) is 3.78. The second kappa shape index (κ2) is 5.50. The number of hydrogen-bond acceptors (Lipinski definition) is 3. The summed E-state index contributed by atoms with van der Waals surface area (Å²) in [5.74, 6) is 0.808. The average molecular weight is 299 g/mol. The smallest absolute Gasteiger partial charge is 0.160 e. The van der Waals surface area contributed by atoms with Crippen molar-refractivity contribution in [3.8, 4) is 0 Å². The zero-order chi connectivity index (χ0) is 15.9. The summed E-state index contributed by atoms with van der Waals surface area (Å²) in [6.07, 6.45) is 1.03. The average Bonchev–Trinajstić information content (AvgIpc) is 2.92. The van der Waals surface area contributed by atoms with Crippen LogP contribution in [0.2, 0.25) is 0 Å². The van der Waals surface area contributed by atoms with E-state index in [4.69, 9.17) is 0 Å². The molecule has 1 atom stereocenters. The van der Waals surface area contributed by atoms with E-state index < -0.39 is 6.10 Å². The van der Waals surface area contributed by atoms with Gasteiger partial charge in [0.15, 0.2) is 5.65 Å². The maximum atomic E-state index is 13.4. The Kier molecular flexibility index (Phi) is 3.66. The van der Waals surface area contributed by atoms with E-state index in [0.717, 1.165) is 17.0 Å². The van der Waals surface area contributed by atoms with E-state index in [9.17, 15) is 9.50 Å². The maximum absolute atomic E-state index is 13.4. The van der Waals surface area contributed by atoms with E-state index in [1.165, 1.54) is 6.07 Å². The normalized spacial score (nSPS) is 13.0. The first-order chi connectivity index (χ1) is 10.5. The molecule has 22 heavy (non-hydrogen) atoms. The number of rotatable bonds is 3. The van der Waals surface area contributed by atoms with Gasteiger partial charge in [0.05, 0.1) is 0 Å². The number of fused-ring (bicyclic) bond motifs is 1. The standard InChI is InChI=1S/C17H18FN3O/c1-10(2)17-20-19-15-7-5-13(9-21(15)17)16(22)12-4-6-14(18)11(3)8-12/h4-10,16,22H,1-3H3.